The molecule has 0 spiro atoms. The number of hydrogen-bond donors (Lipinski definition) is 0. The van der Waals surface area contributed by atoms with Crippen LogP contribution in [0.15, 0.2) is 176 Å². The molecule has 2 aliphatic carbocycles. The quantitative estimate of drug-likeness (QED) is 0.183. The summed E-state index contributed by atoms with van der Waals surface area (Å²) in [5, 5.41) is 5.03. The SMILES string of the molecule is C1=CCC(c2cc(-c3ccccc3)nc(-n3c4ccccc4c4cccc(-c5ccc6c(c5)c5ccccc5n6C5C=CC=CC5)c43)c2)C=C1. The summed E-state index contributed by atoms with van der Waals surface area (Å²) in [6.07, 6.45) is 19.8. The molecule has 2 atom stereocenters. The van der Waals surface area contributed by atoms with Gasteiger partial charge < -0.3 is 4.57 Å². The van der Waals surface area contributed by atoms with E-state index in [1.165, 1.54) is 54.8 Å². The first-order chi connectivity index (χ1) is 24.8. The molecule has 0 aliphatic heterocycles. The number of fused-ring (bicyclic) bond motifs is 6. The molecule has 0 saturated carbocycles. The van der Waals surface area contributed by atoms with Gasteiger partial charge in [-0.05, 0) is 60.4 Å². The lowest BCUT2D eigenvalue weighted by molar-refractivity contribution is 0.648. The van der Waals surface area contributed by atoms with Gasteiger partial charge in [-0.1, -0.05) is 140 Å². The maximum atomic E-state index is 5.43. The van der Waals surface area contributed by atoms with Crippen LogP contribution >= 0.6 is 0 Å². The zero-order chi connectivity index (χ0) is 33.0. The molecule has 0 radical (unpaired) electrons. The van der Waals surface area contributed by atoms with Crippen LogP contribution in [0.2, 0.25) is 0 Å². The lowest BCUT2D eigenvalue weighted by Gasteiger charge is -2.19. The molecule has 3 heterocycles. The highest BCUT2D eigenvalue weighted by Gasteiger charge is 2.22. The van der Waals surface area contributed by atoms with Gasteiger partial charge in [-0.3, -0.25) is 4.57 Å². The second kappa shape index (κ2) is 11.7. The van der Waals surface area contributed by atoms with E-state index in [0.717, 1.165) is 35.4 Å². The van der Waals surface area contributed by atoms with Gasteiger partial charge in [0.2, 0.25) is 0 Å². The third-order valence-electron chi connectivity index (χ3n) is 10.5. The molecule has 5 aromatic carbocycles. The van der Waals surface area contributed by atoms with Crippen LogP contribution in [0, 0.1) is 0 Å². The Balaban J connectivity index is 1.24. The minimum Gasteiger partial charge on any atom is -0.333 e. The zero-order valence-electron chi connectivity index (χ0n) is 27.7. The Morgan fingerprint density at radius 1 is 0.520 bits per heavy atom. The monoisotopic (exact) mass is 641 g/mol. The summed E-state index contributed by atoms with van der Waals surface area (Å²) in [6.45, 7) is 0. The van der Waals surface area contributed by atoms with Gasteiger partial charge in [-0.2, -0.15) is 0 Å². The number of aromatic nitrogens is 3. The fourth-order valence-electron chi connectivity index (χ4n) is 8.23. The zero-order valence-corrected chi connectivity index (χ0v) is 27.7. The molecule has 2 aliphatic rings. The van der Waals surface area contributed by atoms with Crippen molar-refractivity contribution in [2.24, 2.45) is 0 Å². The van der Waals surface area contributed by atoms with Gasteiger partial charge in [0.05, 0.1) is 22.8 Å². The Morgan fingerprint density at radius 2 is 1.24 bits per heavy atom. The lowest BCUT2D eigenvalue weighted by atomic mass is 9.92. The molecular weight excluding hydrogens is 607 g/mol. The largest absolute Gasteiger partial charge is 0.333 e. The molecule has 2 unspecified atom stereocenters. The van der Waals surface area contributed by atoms with Crippen LogP contribution in [0.3, 0.4) is 0 Å². The lowest BCUT2D eigenvalue weighted by Crippen LogP contribution is -2.06. The Bertz CT molecular complexity index is 2720. The fraction of sp³-hybridized carbons (Fsp3) is 0.0851. The normalized spacial score (nSPS) is 17.1. The molecule has 8 aromatic rings. The van der Waals surface area contributed by atoms with E-state index in [9.17, 15) is 0 Å². The molecular formula is C47H35N3. The van der Waals surface area contributed by atoms with E-state index in [1.807, 2.05) is 0 Å². The van der Waals surface area contributed by atoms with E-state index < -0.39 is 0 Å². The molecule has 3 nitrogen and oxygen atoms in total. The van der Waals surface area contributed by atoms with E-state index in [4.69, 9.17) is 4.98 Å². The number of para-hydroxylation sites is 3. The molecule has 50 heavy (non-hydrogen) atoms. The van der Waals surface area contributed by atoms with Gasteiger partial charge >= 0.3 is 0 Å². The van der Waals surface area contributed by atoms with Crippen molar-refractivity contribution in [2.75, 3.05) is 0 Å². The van der Waals surface area contributed by atoms with Gasteiger partial charge in [-0.15, -0.1) is 0 Å². The van der Waals surface area contributed by atoms with Crippen LogP contribution < -0.4 is 0 Å². The van der Waals surface area contributed by atoms with Crippen LogP contribution in [0.1, 0.15) is 30.4 Å². The van der Waals surface area contributed by atoms with E-state index in [1.54, 1.807) is 0 Å². The third kappa shape index (κ3) is 4.62. The standard InChI is InChI=1S/C47H35N3/c1-4-15-32(16-5-1)35-30-42(33-17-6-2-7-18-33)48-46(31-35)50-44-26-13-10-21-38(44)40-24-14-23-37(47(40)50)34-27-28-45-41(29-34)39-22-11-12-25-43(39)49(45)36-19-8-3-9-20-36/h1-15,17-19,21-32,36H,16,20H2. The second-order valence-corrected chi connectivity index (χ2v) is 13.5. The van der Waals surface area contributed by atoms with E-state index >= 15 is 0 Å². The first-order valence-corrected chi connectivity index (χ1v) is 17.6. The average molecular weight is 642 g/mol. The molecule has 0 fully saturated rings. The Kier molecular flexibility index (Phi) is 6.76. The maximum absolute atomic E-state index is 5.43. The minimum absolute atomic E-state index is 0.297. The summed E-state index contributed by atoms with van der Waals surface area (Å²) in [5.74, 6) is 1.24. The van der Waals surface area contributed by atoms with Crippen molar-refractivity contribution in [1.82, 2.24) is 14.1 Å². The van der Waals surface area contributed by atoms with Gasteiger partial charge in [0.25, 0.3) is 0 Å². The predicted octanol–water partition coefficient (Wildman–Crippen LogP) is 12.3. The van der Waals surface area contributed by atoms with Crippen molar-refractivity contribution < 1.29 is 0 Å². The topological polar surface area (TPSA) is 22.8 Å². The number of hydrogen-bond acceptors (Lipinski definition) is 1. The number of benzene rings is 5. The predicted molar refractivity (Wildman–Crippen MR) is 210 cm³/mol. The molecule has 238 valence electrons. The first kappa shape index (κ1) is 28.8. The van der Waals surface area contributed by atoms with E-state index in [2.05, 4.69) is 185 Å². The summed E-state index contributed by atoms with van der Waals surface area (Å²) >= 11 is 0. The molecule has 3 heteroatoms. The minimum atomic E-state index is 0.297. The molecule has 3 aromatic heterocycles. The molecule has 0 bridgehead atoms. The van der Waals surface area contributed by atoms with Gasteiger partial charge in [0, 0.05) is 49.6 Å². The van der Waals surface area contributed by atoms with Crippen molar-refractivity contribution in [3.05, 3.63) is 182 Å². The third-order valence-corrected chi connectivity index (χ3v) is 10.5. The van der Waals surface area contributed by atoms with Crippen molar-refractivity contribution in [3.63, 3.8) is 0 Å². The summed E-state index contributed by atoms with van der Waals surface area (Å²) in [4.78, 5) is 5.43. The number of rotatable bonds is 5. The smallest absolute Gasteiger partial charge is 0.138 e. The summed E-state index contributed by atoms with van der Waals surface area (Å²) in [5.41, 5.74) is 10.7. The van der Waals surface area contributed by atoms with Gasteiger partial charge in [-0.25, -0.2) is 4.98 Å². The van der Waals surface area contributed by atoms with Crippen LogP contribution in [0.25, 0.3) is 71.8 Å². The fourth-order valence-corrected chi connectivity index (χ4v) is 8.23. The first-order valence-electron chi connectivity index (χ1n) is 17.6. The number of pyridine rings is 1. The summed E-state index contributed by atoms with van der Waals surface area (Å²) in [6, 6.07) is 46.9. The van der Waals surface area contributed by atoms with Crippen molar-refractivity contribution in [2.45, 2.75) is 24.8 Å². The summed E-state index contributed by atoms with van der Waals surface area (Å²) < 4.78 is 4.92. The molecule has 0 amide bonds. The van der Waals surface area contributed by atoms with Crippen molar-refractivity contribution in [1.29, 1.82) is 0 Å². The number of nitrogens with zero attached hydrogens (tertiary/aromatic N) is 3. The Hall–Kier alpha value is -6.19. The Morgan fingerprint density at radius 3 is 2.04 bits per heavy atom. The van der Waals surface area contributed by atoms with Crippen LogP contribution in [-0.4, -0.2) is 14.1 Å². The van der Waals surface area contributed by atoms with Gasteiger partial charge in [0.15, 0.2) is 0 Å². The van der Waals surface area contributed by atoms with Gasteiger partial charge in [0.1, 0.15) is 5.82 Å². The molecule has 0 N–H and O–H groups in total. The molecule has 0 saturated heterocycles. The van der Waals surface area contributed by atoms with E-state index in [0.29, 0.717) is 12.0 Å². The Labute approximate surface area is 291 Å². The van der Waals surface area contributed by atoms with Crippen LogP contribution in [0.4, 0.5) is 0 Å². The summed E-state index contributed by atoms with van der Waals surface area (Å²) in [7, 11) is 0. The highest BCUT2D eigenvalue weighted by Crippen LogP contribution is 2.42. The average Bonchev–Trinajstić information content (AvgIpc) is 3.71. The maximum Gasteiger partial charge on any atom is 0.138 e. The highest BCUT2D eigenvalue weighted by atomic mass is 15.1. The van der Waals surface area contributed by atoms with Crippen LogP contribution in [-0.2, 0) is 0 Å². The second-order valence-electron chi connectivity index (χ2n) is 13.5. The van der Waals surface area contributed by atoms with E-state index in [-0.39, 0.29) is 0 Å². The van der Waals surface area contributed by atoms with Crippen LogP contribution in [0.5, 0.6) is 0 Å². The highest BCUT2D eigenvalue weighted by molar-refractivity contribution is 6.15. The molecule has 10 rings (SSSR count). The van der Waals surface area contributed by atoms with Crippen molar-refractivity contribution in [3.8, 4) is 28.2 Å². The number of allylic oxidation sites excluding steroid dienone is 8. The van der Waals surface area contributed by atoms with Crippen molar-refractivity contribution >= 4 is 43.6 Å².